The second kappa shape index (κ2) is 10.9. The number of carbonyl (C=O) groups is 2. The van der Waals surface area contributed by atoms with E-state index in [1.54, 1.807) is 36.0 Å². The third-order valence-corrected chi connectivity index (χ3v) is 4.67. The van der Waals surface area contributed by atoms with Crippen LogP contribution in [0.1, 0.15) is 41.9 Å². The Balaban J connectivity index is 0.00000300. The van der Waals surface area contributed by atoms with Crippen LogP contribution in [0.25, 0.3) is 0 Å². The average Bonchev–Trinajstić information content (AvgIpc) is 3.20. The molecule has 2 aromatic rings. The van der Waals surface area contributed by atoms with Crippen molar-refractivity contribution in [2.24, 2.45) is 0 Å². The number of aromatic nitrogens is 2. The number of hydrogen-bond donors (Lipinski definition) is 1. The van der Waals surface area contributed by atoms with E-state index >= 15 is 0 Å². The first-order valence-electron chi connectivity index (χ1n) is 9.52. The normalized spacial score (nSPS) is 16.0. The maximum Gasteiger partial charge on any atom is 0.325 e. The van der Waals surface area contributed by atoms with Crippen LogP contribution in [-0.2, 0) is 16.1 Å². The van der Waals surface area contributed by atoms with Gasteiger partial charge >= 0.3 is 5.97 Å². The number of nitrogens with one attached hydrogen (secondary N) is 1. The van der Waals surface area contributed by atoms with Crippen LogP contribution < -0.4 is 5.32 Å². The fourth-order valence-electron chi connectivity index (χ4n) is 3.25. The summed E-state index contributed by atoms with van der Waals surface area (Å²) in [5.74, 6) is -1.21. The second-order valence-electron chi connectivity index (χ2n) is 6.77. The quantitative estimate of drug-likeness (QED) is 0.691. The molecular formula is C20H26ClFN4O3. The minimum Gasteiger partial charge on any atom is -0.465 e. The van der Waals surface area contributed by atoms with E-state index in [4.69, 9.17) is 4.74 Å². The van der Waals surface area contributed by atoms with E-state index in [-0.39, 0.29) is 55.6 Å². The molecule has 3 rings (SSSR count). The number of esters is 1. The van der Waals surface area contributed by atoms with Crippen LogP contribution in [-0.4, -0.2) is 52.8 Å². The number of halogens is 2. The Kier molecular flexibility index (Phi) is 8.60. The first-order valence-corrected chi connectivity index (χ1v) is 9.52. The minimum atomic E-state index is -0.492. The molecule has 1 aromatic carbocycles. The van der Waals surface area contributed by atoms with E-state index in [1.807, 2.05) is 0 Å². The van der Waals surface area contributed by atoms with Gasteiger partial charge in [-0.15, -0.1) is 12.4 Å². The Labute approximate surface area is 175 Å². The SMILES string of the molecule is CCOC(=O)CN(Cc1ccc(F)cc1)C(=O)c1ccn(C2CCCNC2)n1.Cl. The monoisotopic (exact) mass is 424 g/mol. The fraction of sp³-hybridized carbons (Fsp3) is 0.450. The molecule has 7 nitrogen and oxygen atoms in total. The van der Waals surface area contributed by atoms with Gasteiger partial charge in [-0.2, -0.15) is 5.10 Å². The summed E-state index contributed by atoms with van der Waals surface area (Å²) in [6.07, 6.45) is 3.86. The molecule has 0 radical (unpaired) electrons. The van der Waals surface area contributed by atoms with Gasteiger partial charge in [0.25, 0.3) is 5.91 Å². The number of nitrogens with zero attached hydrogens (tertiary/aromatic N) is 3. The molecule has 158 valence electrons. The number of ether oxygens (including phenoxy) is 1. The van der Waals surface area contributed by atoms with Gasteiger partial charge in [-0.1, -0.05) is 12.1 Å². The molecule has 1 amide bonds. The first-order chi connectivity index (χ1) is 13.6. The van der Waals surface area contributed by atoms with E-state index in [0.29, 0.717) is 0 Å². The molecule has 1 atom stereocenters. The topological polar surface area (TPSA) is 76.5 Å². The van der Waals surface area contributed by atoms with Gasteiger partial charge in [0, 0.05) is 19.3 Å². The smallest absolute Gasteiger partial charge is 0.325 e. The maximum atomic E-state index is 13.2. The number of piperidine rings is 1. The fourth-order valence-corrected chi connectivity index (χ4v) is 3.25. The van der Waals surface area contributed by atoms with E-state index in [9.17, 15) is 14.0 Å². The molecule has 1 saturated heterocycles. The zero-order chi connectivity index (χ0) is 19.9. The molecule has 9 heteroatoms. The Morgan fingerprint density at radius 2 is 2.07 bits per heavy atom. The van der Waals surface area contributed by atoms with Gasteiger partial charge < -0.3 is 15.0 Å². The summed E-state index contributed by atoms with van der Waals surface area (Å²) in [6.45, 7) is 3.73. The predicted octanol–water partition coefficient (Wildman–Crippen LogP) is 2.57. The summed E-state index contributed by atoms with van der Waals surface area (Å²) in [5.41, 5.74) is 0.993. The minimum absolute atomic E-state index is 0. The highest BCUT2D eigenvalue weighted by Crippen LogP contribution is 2.17. The van der Waals surface area contributed by atoms with E-state index < -0.39 is 5.97 Å². The Bertz CT molecular complexity index is 806. The van der Waals surface area contributed by atoms with Crippen molar-refractivity contribution in [1.29, 1.82) is 0 Å². The van der Waals surface area contributed by atoms with Crippen molar-refractivity contribution in [2.75, 3.05) is 26.2 Å². The lowest BCUT2D eigenvalue weighted by Gasteiger charge is -2.23. The molecule has 0 aliphatic carbocycles. The largest absolute Gasteiger partial charge is 0.465 e. The molecule has 1 aliphatic rings. The third-order valence-electron chi connectivity index (χ3n) is 4.67. The van der Waals surface area contributed by atoms with Crippen LogP contribution in [0.15, 0.2) is 36.5 Å². The van der Waals surface area contributed by atoms with Crippen molar-refractivity contribution in [1.82, 2.24) is 20.0 Å². The van der Waals surface area contributed by atoms with Gasteiger partial charge in [0.05, 0.1) is 12.6 Å². The summed E-state index contributed by atoms with van der Waals surface area (Å²) in [7, 11) is 0. The summed E-state index contributed by atoms with van der Waals surface area (Å²) in [5, 5.41) is 7.76. The van der Waals surface area contributed by atoms with Crippen molar-refractivity contribution >= 4 is 24.3 Å². The first kappa shape index (κ1) is 22.8. The van der Waals surface area contributed by atoms with Crippen LogP contribution in [0.4, 0.5) is 4.39 Å². The molecule has 29 heavy (non-hydrogen) atoms. The number of carbonyl (C=O) groups excluding carboxylic acids is 2. The van der Waals surface area contributed by atoms with Crippen molar-refractivity contribution in [3.05, 3.63) is 53.6 Å². The van der Waals surface area contributed by atoms with Crippen molar-refractivity contribution in [2.45, 2.75) is 32.4 Å². The van der Waals surface area contributed by atoms with Gasteiger partial charge in [-0.05, 0) is 50.1 Å². The van der Waals surface area contributed by atoms with Crippen LogP contribution in [0.3, 0.4) is 0 Å². The number of rotatable bonds is 7. The number of amides is 1. The molecule has 0 saturated carbocycles. The standard InChI is InChI=1S/C20H25FN4O3.ClH/c1-2-28-19(26)14-24(13-15-5-7-16(21)8-6-15)20(27)18-9-11-25(23-18)17-4-3-10-22-12-17;/h5-9,11,17,22H,2-4,10,12-14H2,1H3;1H. The highest BCUT2D eigenvalue weighted by Gasteiger charge is 2.23. The van der Waals surface area contributed by atoms with E-state index in [0.717, 1.165) is 31.5 Å². The molecule has 0 bridgehead atoms. The van der Waals surface area contributed by atoms with Crippen LogP contribution in [0, 0.1) is 5.82 Å². The van der Waals surface area contributed by atoms with Crippen molar-refractivity contribution < 1.29 is 18.7 Å². The molecule has 1 fully saturated rings. The van der Waals surface area contributed by atoms with Crippen LogP contribution in [0.2, 0.25) is 0 Å². The third kappa shape index (κ3) is 6.27. The lowest BCUT2D eigenvalue weighted by atomic mass is 10.1. The van der Waals surface area contributed by atoms with Gasteiger partial charge in [-0.25, -0.2) is 4.39 Å². The predicted molar refractivity (Wildman–Crippen MR) is 108 cm³/mol. The Morgan fingerprint density at radius 1 is 1.31 bits per heavy atom. The summed E-state index contributed by atoms with van der Waals surface area (Å²) in [6, 6.07) is 7.71. The molecule has 1 aliphatic heterocycles. The molecule has 2 heterocycles. The van der Waals surface area contributed by atoms with Gasteiger partial charge in [0.1, 0.15) is 18.1 Å². The molecule has 1 aromatic heterocycles. The number of benzene rings is 1. The van der Waals surface area contributed by atoms with Gasteiger partial charge in [0.2, 0.25) is 0 Å². The molecule has 1 unspecified atom stereocenters. The van der Waals surface area contributed by atoms with E-state index in [1.165, 1.54) is 17.0 Å². The molecule has 1 N–H and O–H groups in total. The zero-order valence-electron chi connectivity index (χ0n) is 16.3. The lowest BCUT2D eigenvalue weighted by Crippen LogP contribution is -2.36. The van der Waals surface area contributed by atoms with Gasteiger partial charge in [0.15, 0.2) is 0 Å². The summed E-state index contributed by atoms with van der Waals surface area (Å²) < 4.78 is 20.0. The van der Waals surface area contributed by atoms with Gasteiger partial charge in [-0.3, -0.25) is 14.3 Å². The van der Waals surface area contributed by atoms with Crippen molar-refractivity contribution in [3.63, 3.8) is 0 Å². The van der Waals surface area contributed by atoms with E-state index in [2.05, 4.69) is 10.4 Å². The zero-order valence-corrected chi connectivity index (χ0v) is 17.2. The van der Waals surface area contributed by atoms with Crippen LogP contribution >= 0.6 is 12.4 Å². The maximum absolute atomic E-state index is 13.2. The molecular weight excluding hydrogens is 399 g/mol. The molecule has 0 spiro atoms. The average molecular weight is 425 g/mol. The summed E-state index contributed by atoms with van der Waals surface area (Å²) in [4.78, 5) is 26.4. The second-order valence-corrected chi connectivity index (χ2v) is 6.77. The summed E-state index contributed by atoms with van der Waals surface area (Å²) >= 11 is 0. The highest BCUT2D eigenvalue weighted by atomic mass is 35.5. The Hall–Kier alpha value is -2.45. The Morgan fingerprint density at radius 3 is 2.72 bits per heavy atom. The number of hydrogen-bond acceptors (Lipinski definition) is 5. The van der Waals surface area contributed by atoms with Crippen molar-refractivity contribution in [3.8, 4) is 0 Å². The lowest BCUT2D eigenvalue weighted by molar-refractivity contribution is -0.143. The van der Waals surface area contributed by atoms with Crippen LogP contribution in [0.5, 0.6) is 0 Å². The highest BCUT2D eigenvalue weighted by molar-refractivity contribution is 5.94.